The molecule has 23 heavy (non-hydrogen) atoms. The molecule has 2 unspecified atom stereocenters. The standard InChI is InChI=1S/C17H25N3O3/c1-3-13(23-15-9-5-4-7-12(15)2)11-19-17(22)20-14-8-6-10-18-16(14)21/h4-5,7,9,13-14H,3,6,8,10-11H2,1-2H3,(H,18,21)(H2,19,20,22). The molecular weight excluding hydrogens is 294 g/mol. The van der Waals surface area contributed by atoms with Gasteiger partial charge in [-0.1, -0.05) is 25.1 Å². The number of carbonyl (C=O) groups is 2. The van der Waals surface area contributed by atoms with Gasteiger partial charge in [0.15, 0.2) is 0 Å². The zero-order chi connectivity index (χ0) is 16.7. The topological polar surface area (TPSA) is 79.5 Å². The lowest BCUT2D eigenvalue weighted by Gasteiger charge is -2.24. The molecule has 0 bridgehead atoms. The minimum Gasteiger partial charge on any atom is -0.488 e. The maximum Gasteiger partial charge on any atom is 0.315 e. The first-order chi connectivity index (χ1) is 11.1. The van der Waals surface area contributed by atoms with Gasteiger partial charge in [-0.3, -0.25) is 4.79 Å². The van der Waals surface area contributed by atoms with Gasteiger partial charge in [-0.15, -0.1) is 0 Å². The summed E-state index contributed by atoms with van der Waals surface area (Å²) in [4.78, 5) is 23.6. The van der Waals surface area contributed by atoms with Crippen LogP contribution < -0.4 is 20.7 Å². The second-order valence-corrected chi connectivity index (χ2v) is 5.75. The number of urea groups is 1. The first-order valence-corrected chi connectivity index (χ1v) is 8.14. The third-order valence-electron chi connectivity index (χ3n) is 3.92. The van der Waals surface area contributed by atoms with E-state index in [0.29, 0.717) is 19.5 Å². The molecule has 2 rings (SSSR count). The Morgan fingerprint density at radius 3 is 2.91 bits per heavy atom. The Balaban J connectivity index is 1.79. The van der Waals surface area contributed by atoms with E-state index in [4.69, 9.17) is 4.74 Å². The fraction of sp³-hybridized carbons (Fsp3) is 0.529. The summed E-state index contributed by atoms with van der Waals surface area (Å²) in [6, 6.07) is 7.02. The monoisotopic (exact) mass is 319 g/mol. The zero-order valence-electron chi connectivity index (χ0n) is 13.7. The number of rotatable bonds is 6. The molecule has 1 aliphatic rings. The molecule has 0 radical (unpaired) electrons. The minimum absolute atomic E-state index is 0.109. The Bertz CT molecular complexity index is 548. The van der Waals surface area contributed by atoms with Crippen molar-refractivity contribution in [2.24, 2.45) is 0 Å². The molecule has 3 N–H and O–H groups in total. The Labute approximate surface area is 137 Å². The molecule has 6 heteroatoms. The summed E-state index contributed by atoms with van der Waals surface area (Å²) < 4.78 is 5.93. The predicted molar refractivity (Wildman–Crippen MR) is 88.5 cm³/mol. The second-order valence-electron chi connectivity index (χ2n) is 5.75. The van der Waals surface area contributed by atoms with Gasteiger partial charge in [-0.2, -0.15) is 0 Å². The number of hydrogen-bond donors (Lipinski definition) is 3. The molecule has 0 spiro atoms. The molecule has 1 aliphatic heterocycles. The molecule has 0 saturated carbocycles. The average Bonchev–Trinajstić information content (AvgIpc) is 2.55. The number of benzene rings is 1. The van der Waals surface area contributed by atoms with Crippen molar-refractivity contribution in [2.75, 3.05) is 13.1 Å². The molecule has 1 saturated heterocycles. The van der Waals surface area contributed by atoms with E-state index in [1.807, 2.05) is 38.1 Å². The summed E-state index contributed by atoms with van der Waals surface area (Å²) >= 11 is 0. The van der Waals surface area contributed by atoms with Crippen LogP contribution in [0.5, 0.6) is 5.75 Å². The van der Waals surface area contributed by atoms with Crippen molar-refractivity contribution in [2.45, 2.75) is 45.3 Å². The summed E-state index contributed by atoms with van der Waals surface area (Å²) in [5.74, 6) is 0.711. The average molecular weight is 319 g/mol. The molecule has 1 fully saturated rings. The molecule has 126 valence electrons. The van der Waals surface area contributed by atoms with E-state index in [2.05, 4.69) is 16.0 Å². The first kappa shape index (κ1) is 17.1. The number of ether oxygens (including phenoxy) is 1. The van der Waals surface area contributed by atoms with Crippen molar-refractivity contribution < 1.29 is 14.3 Å². The molecule has 1 aromatic rings. The van der Waals surface area contributed by atoms with Gasteiger partial charge in [0.25, 0.3) is 0 Å². The highest BCUT2D eigenvalue weighted by Crippen LogP contribution is 2.18. The smallest absolute Gasteiger partial charge is 0.315 e. The highest BCUT2D eigenvalue weighted by molar-refractivity contribution is 5.87. The van der Waals surface area contributed by atoms with Crippen LogP contribution in [-0.2, 0) is 4.79 Å². The van der Waals surface area contributed by atoms with Crippen LogP contribution in [0.3, 0.4) is 0 Å². The van der Waals surface area contributed by atoms with E-state index < -0.39 is 6.04 Å². The Morgan fingerprint density at radius 1 is 1.43 bits per heavy atom. The van der Waals surface area contributed by atoms with E-state index in [9.17, 15) is 9.59 Å². The lowest BCUT2D eigenvalue weighted by Crippen LogP contribution is -2.53. The van der Waals surface area contributed by atoms with Crippen LogP contribution in [0.2, 0.25) is 0 Å². The van der Waals surface area contributed by atoms with Crippen LogP contribution >= 0.6 is 0 Å². The van der Waals surface area contributed by atoms with E-state index in [1.54, 1.807) is 0 Å². The third-order valence-corrected chi connectivity index (χ3v) is 3.92. The summed E-state index contributed by atoms with van der Waals surface area (Å²) in [5.41, 5.74) is 1.06. The molecule has 3 amide bonds. The molecular formula is C17H25N3O3. The van der Waals surface area contributed by atoms with Gasteiger partial charge in [0.05, 0.1) is 6.54 Å². The van der Waals surface area contributed by atoms with Crippen molar-refractivity contribution >= 4 is 11.9 Å². The van der Waals surface area contributed by atoms with Crippen molar-refractivity contribution in [3.05, 3.63) is 29.8 Å². The largest absolute Gasteiger partial charge is 0.488 e. The normalized spacial score (nSPS) is 18.7. The molecule has 1 heterocycles. The van der Waals surface area contributed by atoms with Crippen molar-refractivity contribution in [3.8, 4) is 5.75 Å². The van der Waals surface area contributed by atoms with Crippen molar-refractivity contribution in [3.63, 3.8) is 0 Å². The van der Waals surface area contributed by atoms with Crippen LogP contribution in [0, 0.1) is 6.92 Å². The summed E-state index contributed by atoms with van der Waals surface area (Å²) in [7, 11) is 0. The number of amides is 3. The van der Waals surface area contributed by atoms with Crippen LogP contribution in [0.4, 0.5) is 4.79 Å². The summed E-state index contributed by atoms with van der Waals surface area (Å²) in [6.45, 7) is 5.08. The zero-order valence-corrected chi connectivity index (χ0v) is 13.7. The first-order valence-electron chi connectivity index (χ1n) is 8.14. The van der Waals surface area contributed by atoms with Gasteiger partial charge in [0.1, 0.15) is 17.9 Å². The SMILES string of the molecule is CCC(CNC(=O)NC1CCCNC1=O)Oc1ccccc1C. The van der Waals surface area contributed by atoms with Gasteiger partial charge in [0.2, 0.25) is 5.91 Å². The maximum atomic E-state index is 11.9. The second kappa shape index (κ2) is 8.41. The Morgan fingerprint density at radius 2 is 2.22 bits per heavy atom. The third kappa shape index (κ3) is 5.16. The van der Waals surface area contributed by atoms with Gasteiger partial charge < -0.3 is 20.7 Å². The van der Waals surface area contributed by atoms with Crippen molar-refractivity contribution in [1.29, 1.82) is 0 Å². The highest BCUT2D eigenvalue weighted by atomic mass is 16.5. The van der Waals surface area contributed by atoms with Gasteiger partial charge in [-0.05, 0) is 37.8 Å². The number of aryl methyl sites for hydroxylation is 1. The number of nitrogens with one attached hydrogen (secondary N) is 3. The molecule has 0 aromatic heterocycles. The van der Waals surface area contributed by atoms with E-state index in [-0.39, 0.29) is 18.0 Å². The minimum atomic E-state index is -0.443. The van der Waals surface area contributed by atoms with Gasteiger partial charge in [0, 0.05) is 6.54 Å². The Hall–Kier alpha value is -2.24. The lowest BCUT2D eigenvalue weighted by molar-refractivity contribution is -0.124. The summed E-state index contributed by atoms with van der Waals surface area (Å²) in [6.07, 6.45) is 2.22. The number of piperidine rings is 1. The van der Waals surface area contributed by atoms with E-state index in [1.165, 1.54) is 0 Å². The predicted octanol–water partition coefficient (Wildman–Crippen LogP) is 1.73. The van der Waals surface area contributed by atoms with Crippen LogP contribution in [-0.4, -0.2) is 37.2 Å². The Kier molecular flexibility index (Phi) is 6.26. The number of carbonyl (C=O) groups excluding carboxylic acids is 2. The quantitative estimate of drug-likeness (QED) is 0.747. The molecule has 2 atom stereocenters. The van der Waals surface area contributed by atoms with Crippen LogP contribution in [0.1, 0.15) is 31.7 Å². The number of hydrogen-bond acceptors (Lipinski definition) is 3. The van der Waals surface area contributed by atoms with Gasteiger partial charge in [-0.25, -0.2) is 4.79 Å². The van der Waals surface area contributed by atoms with E-state index in [0.717, 1.165) is 24.2 Å². The molecule has 0 aliphatic carbocycles. The summed E-state index contributed by atoms with van der Waals surface area (Å²) in [5, 5.41) is 8.24. The van der Waals surface area contributed by atoms with Crippen LogP contribution in [0.25, 0.3) is 0 Å². The van der Waals surface area contributed by atoms with Gasteiger partial charge >= 0.3 is 6.03 Å². The molecule has 6 nitrogen and oxygen atoms in total. The van der Waals surface area contributed by atoms with E-state index >= 15 is 0 Å². The fourth-order valence-electron chi connectivity index (χ4n) is 2.46. The lowest BCUT2D eigenvalue weighted by atomic mass is 10.1. The highest BCUT2D eigenvalue weighted by Gasteiger charge is 2.23. The fourth-order valence-corrected chi connectivity index (χ4v) is 2.46. The maximum absolute atomic E-state index is 11.9. The van der Waals surface area contributed by atoms with Crippen molar-refractivity contribution in [1.82, 2.24) is 16.0 Å². The van der Waals surface area contributed by atoms with Crippen LogP contribution in [0.15, 0.2) is 24.3 Å². The molecule has 1 aromatic carbocycles. The number of para-hydroxylation sites is 1.